The van der Waals surface area contributed by atoms with Crippen LogP contribution in [0.4, 0.5) is 4.79 Å². The molecule has 3 N–H and O–H groups in total. The highest BCUT2D eigenvalue weighted by molar-refractivity contribution is 5.90. The summed E-state index contributed by atoms with van der Waals surface area (Å²) in [7, 11) is 3.93. The number of nitrogens with zero attached hydrogens (tertiary/aromatic N) is 2. The number of carbonyl (C=O) groups excluding carboxylic acids is 2. The van der Waals surface area contributed by atoms with Gasteiger partial charge in [0.25, 0.3) is 0 Å². The molecular weight excluding hydrogens is 493 g/mol. The summed E-state index contributed by atoms with van der Waals surface area (Å²) in [6.45, 7) is 2.72. The lowest BCUT2D eigenvalue weighted by molar-refractivity contribution is -0.950. The van der Waals surface area contributed by atoms with Gasteiger partial charge in [-0.05, 0) is 30.9 Å². The molecule has 0 radical (unpaired) electrons. The van der Waals surface area contributed by atoms with E-state index >= 15 is 0 Å². The highest BCUT2D eigenvalue weighted by Gasteiger charge is 2.76. The predicted molar refractivity (Wildman–Crippen MR) is 127 cm³/mol. The van der Waals surface area contributed by atoms with E-state index in [1.807, 2.05) is 6.07 Å². The van der Waals surface area contributed by atoms with Gasteiger partial charge in [0.2, 0.25) is 0 Å². The number of Topliss-reactive ketones (excluding diaryl/α,β-unsaturated/α-hetero) is 1. The lowest BCUT2D eigenvalue weighted by Crippen LogP contribution is -3.00. The number of benzene rings is 1. The number of carbonyl (C=O) groups is 2. The summed E-state index contributed by atoms with van der Waals surface area (Å²) in [5.74, 6) is 1.58. The van der Waals surface area contributed by atoms with Crippen LogP contribution in [0.3, 0.4) is 0 Å². The first-order valence-electron chi connectivity index (χ1n) is 12.3. The second-order valence-corrected chi connectivity index (χ2v) is 11.2. The minimum absolute atomic E-state index is 0. The second-order valence-electron chi connectivity index (χ2n) is 11.2. The molecule has 6 rings (SSSR count). The van der Waals surface area contributed by atoms with Crippen molar-refractivity contribution in [1.29, 1.82) is 0 Å². The number of likely N-dealkylation sites (tertiary alicyclic amines) is 1. The minimum Gasteiger partial charge on any atom is -1.00 e. The molecule has 8 nitrogen and oxygen atoms in total. The van der Waals surface area contributed by atoms with Crippen molar-refractivity contribution in [3.8, 4) is 11.5 Å². The van der Waals surface area contributed by atoms with Crippen LogP contribution in [-0.4, -0.2) is 84.4 Å². The highest BCUT2D eigenvalue weighted by atomic mass is 35.5. The third-order valence-corrected chi connectivity index (χ3v) is 9.23. The maximum absolute atomic E-state index is 13.2. The molecular formula is C25H35Cl2N3O5. The van der Waals surface area contributed by atoms with Crippen molar-refractivity contribution < 1.29 is 41.1 Å². The Hall–Kier alpha value is -1.58. The van der Waals surface area contributed by atoms with Gasteiger partial charge in [0, 0.05) is 50.9 Å². The standard InChI is InChI=1S/C25H34N3O5.2ClH/c1-27(11-10-26)23(30)32-18-6-5-16-13-19-25(31)8-7-17(29)22-24(25,20(16)21(18)33-22)9-12-28(19,2)14-15-3-4-15;;/h5-6,15,19,22,31H,3-4,7-14,26H2,1-2H3;2*1H/q+1;;/p-1/t19-,22?,24?,25?,28?;;/m1../s1. The van der Waals surface area contributed by atoms with E-state index in [4.69, 9.17) is 15.2 Å². The van der Waals surface area contributed by atoms with Crippen LogP contribution in [-0.2, 0) is 16.6 Å². The normalized spacial score (nSPS) is 35.7. The zero-order valence-electron chi connectivity index (χ0n) is 20.3. The van der Waals surface area contributed by atoms with E-state index in [1.54, 1.807) is 13.1 Å². The Balaban J connectivity index is 0.00000144. The highest BCUT2D eigenvalue weighted by Crippen LogP contribution is 2.66. The summed E-state index contributed by atoms with van der Waals surface area (Å²) in [4.78, 5) is 27.2. The first-order chi connectivity index (χ1) is 15.7. The summed E-state index contributed by atoms with van der Waals surface area (Å²) in [5.41, 5.74) is 5.83. The molecule has 1 aromatic carbocycles. The molecule has 1 saturated heterocycles. The molecule has 0 aromatic heterocycles. The smallest absolute Gasteiger partial charge is 0.415 e. The Morgan fingerprint density at radius 2 is 2.09 bits per heavy atom. The molecule has 5 aliphatic rings. The van der Waals surface area contributed by atoms with Crippen LogP contribution in [0.5, 0.6) is 11.5 Å². The zero-order valence-corrected chi connectivity index (χ0v) is 21.9. The van der Waals surface area contributed by atoms with Gasteiger partial charge >= 0.3 is 6.09 Å². The van der Waals surface area contributed by atoms with Crippen LogP contribution >= 0.6 is 12.4 Å². The third kappa shape index (κ3) is 3.51. The van der Waals surface area contributed by atoms with Crippen LogP contribution < -0.4 is 27.6 Å². The average molecular weight is 528 g/mol. The number of aliphatic hydroxyl groups is 1. The van der Waals surface area contributed by atoms with Gasteiger partial charge < -0.3 is 42.1 Å². The molecule has 3 fully saturated rings. The molecule has 1 spiro atoms. The van der Waals surface area contributed by atoms with E-state index in [1.165, 1.54) is 17.7 Å². The summed E-state index contributed by atoms with van der Waals surface area (Å²) in [5, 5.41) is 12.5. The van der Waals surface area contributed by atoms with Gasteiger partial charge in [0.05, 0.1) is 25.6 Å². The molecule has 2 saturated carbocycles. The maximum Gasteiger partial charge on any atom is 0.415 e. The van der Waals surface area contributed by atoms with Gasteiger partial charge in [-0.15, -0.1) is 12.4 Å². The SMILES string of the molecule is CN(CCN)C(=O)Oc1ccc2c3c1OC1C(=O)CCC4(O)[C@@H](C2)[N+](C)(CC2CC2)CCC314.Cl.[Cl-]. The van der Waals surface area contributed by atoms with Crippen molar-refractivity contribution in [3.63, 3.8) is 0 Å². The van der Waals surface area contributed by atoms with Crippen molar-refractivity contribution in [2.24, 2.45) is 11.7 Å². The third-order valence-electron chi connectivity index (χ3n) is 9.23. The monoisotopic (exact) mass is 527 g/mol. The fraction of sp³-hybridized carbons (Fsp3) is 0.680. The van der Waals surface area contributed by atoms with Gasteiger partial charge in [-0.1, -0.05) is 6.07 Å². The number of ether oxygens (including phenoxy) is 2. The number of ketones is 1. The second kappa shape index (κ2) is 8.77. The van der Waals surface area contributed by atoms with E-state index in [0.717, 1.165) is 41.0 Å². The van der Waals surface area contributed by atoms with Crippen molar-refractivity contribution in [1.82, 2.24) is 4.90 Å². The Kier molecular flexibility index (Phi) is 6.63. The fourth-order valence-corrected chi connectivity index (χ4v) is 7.47. The lowest BCUT2D eigenvalue weighted by Gasteiger charge is -2.64. The van der Waals surface area contributed by atoms with Gasteiger partial charge in [-0.2, -0.15) is 0 Å². The number of hydrogen-bond acceptors (Lipinski definition) is 6. The van der Waals surface area contributed by atoms with Crippen LogP contribution in [0.1, 0.15) is 43.2 Å². The van der Waals surface area contributed by atoms with Crippen molar-refractivity contribution in [3.05, 3.63) is 23.3 Å². The maximum atomic E-state index is 13.2. The minimum atomic E-state index is -1.01. The molecule has 1 aromatic rings. The molecule has 3 aliphatic carbocycles. The molecule has 5 atom stereocenters. The summed E-state index contributed by atoms with van der Waals surface area (Å²) < 4.78 is 12.9. The predicted octanol–water partition coefficient (Wildman–Crippen LogP) is -1.22. The van der Waals surface area contributed by atoms with Gasteiger partial charge in [-0.3, -0.25) is 4.79 Å². The number of rotatable bonds is 5. The molecule has 10 heteroatoms. The summed E-state index contributed by atoms with van der Waals surface area (Å²) in [6.07, 6.45) is 3.56. The van der Waals surface area contributed by atoms with Gasteiger partial charge in [-0.25, -0.2) is 4.79 Å². The van der Waals surface area contributed by atoms with Crippen LogP contribution in [0.25, 0.3) is 0 Å². The Morgan fingerprint density at radius 3 is 2.77 bits per heavy atom. The Morgan fingerprint density at radius 1 is 1.34 bits per heavy atom. The van der Waals surface area contributed by atoms with Crippen LogP contribution in [0.15, 0.2) is 12.1 Å². The van der Waals surface area contributed by atoms with E-state index in [-0.39, 0.29) is 36.6 Å². The first kappa shape index (κ1) is 26.5. The number of likely N-dealkylation sites (N-methyl/N-ethyl adjacent to an activating group) is 2. The number of nitrogens with two attached hydrogens (primary N) is 1. The number of quaternary nitrogens is 1. The number of amides is 1. The molecule has 4 unspecified atom stereocenters. The van der Waals surface area contributed by atoms with E-state index < -0.39 is 23.2 Å². The first-order valence-corrected chi connectivity index (χ1v) is 12.3. The molecule has 2 bridgehead atoms. The summed E-state index contributed by atoms with van der Waals surface area (Å²) in [6, 6.07) is 3.83. The quantitative estimate of drug-likeness (QED) is 0.465. The average Bonchev–Trinajstić information content (AvgIpc) is 3.50. The van der Waals surface area contributed by atoms with Crippen molar-refractivity contribution in [2.45, 2.75) is 61.7 Å². The van der Waals surface area contributed by atoms with Crippen LogP contribution in [0.2, 0.25) is 0 Å². The van der Waals surface area contributed by atoms with Gasteiger partial charge in [0.1, 0.15) is 11.6 Å². The van der Waals surface area contributed by atoms with Crippen molar-refractivity contribution >= 4 is 24.3 Å². The Labute approximate surface area is 218 Å². The summed E-state index contributed by atoms with van der Waals surface area (Å²) >= 11 is 0. The molecule has 2 heterocycles. The number of halogens is 2. The molecule has 35 heavy (non-hydrogen) atoms. The van der Waals surface area contributed by atoms with E-state index in [9.17, 15) is 14.7 Å². The van der Waals surface area contributed by atoms with E-state index in [2.05, 4.69) is 7.05 Å². The topological polar surface area (TPSA) is 102 Å². The number of hydrogen-bond donors (Lipinski definition) is 2. The zero-order chi connectivity index (χ0) is 23.2. The molecule has 2 aliphatic heterocycles. The fourth-order valence-electron chi connectivity index (χ4n) is 7.47. The molecule has 194 valence electrons. The van der Waals surface area contributed by atoms with Crippen LogP contribution in [0, 0.1) is 5.92 Å². The lowest BCUT2D eigenvalue weighted by atomic mass is 9.48. The van der Waals surface area contributed by atoms with Crippen molar-refractivity contribution in [2.75, 3.05) is 40.3 Å². The molecule has 1 amide bonds. The number of piperidine rings is 1. The largest absolute Gasteiger partial charge is 1.00 e. The van der Waals surface area contributed by atoms with E-state index in [0.29, 0.717) is 43.9 Å². The Bertz CT molecular complexity index is 1050. The van der Waals surface area contributed by atoms with Gasteiger partial charge in [0.15, 0.2) is 23.4 Å².